The molecule has 2 rings (SSSR count). The summed E-state index contributed by atoms with van der Waals surface area (Å²) in [7, 11) is 0. The Morgan fingerprint density at radius 1 is 1.38 bits per heavy atom. The largest absolute Gasteiger partial charge is 0.456 e. The molecule has 0 spiro atoms. The summed E-state index contributed by atoms with van der Waals surface area (Å²) in [6.07, 6.45) is 5.10. The van der Waals surface area contributed by atoms with E-state index in [0.29, 0.717) is 0 Å². The Bertz CT molecular complexity index is 287. The molecule has 1 aromatic heterocycles. The predicted molar refractivity (Wildman–Crippen MR) is 46.2 cm³/mol. The molecule has 0 amide bonds. The van der Waals surface area contributed by atoms with Crippen molar-refractivity contribution >= 4 is 57.4 Å². The van der Waals surface area contributed by atoms with Crippen LogP contribution in [-0.4, -0.2) is 73.4 Å². The monoisotopic (exact) mass is 203 g/mol. The molecule has 0 saturated heterocycles. The molecule has 0 aliphatic heterocycles. The fraction of sp³-hybridized carbons (Fsp3) is 0.375. The number of ether oxygens (including phenoxy) is 1. The minimum atomic E-state index is -0.418. The fourth-order valence-corrected chi connectivity index (χ4v) is 0.794. The van der Waals surface area contributed by atoms with Gasteiger partial charge in [-0.25, -0.2) is 14.8 Å². The summed E-state index contributed by atoms with van der Waals surface area (Å²) >= 11 is 0. The molecule has 0 bridgehead atoms. The molecule has 63 valence electrons. The van der Waals surface area contributed by atoms with Crippen LogP contribution in [0.15, 0.2) is 18.5 Å². The summed E-state index contributed by atoms with van der Waals surface area (Å²) < 4.78 is 4.98. The van der Waals surface area contributed by atoms with Gasteiger partial charge in [-0.05, 0) is 18.9 Å². The predicted octanol–water partition coefficient (Wildman–Crippen LogP) is 0.415. The van der Waals surface area contributed by atoms with Crippen molar-refractivity contribution in [3.63, 3.8) is 0 Å². The van der Waals surface area contributed by atoms with Crippen LogP contribution in [0.25, 0.3) is 0 Å². The van der Waals surface area contributed by atoms with Crippen LogP contribution in [0.2, 0.25) is 0 Å². The molecule has 13 heavy (non-hydrogen) atoms. The zero-order valence-corrected chi connectivity index (χ0v) is 10.6. The van der Waals surface area contributed by atoms with Crippen LogP contribution in [-0.2, 0) is 4.74 Å². The van der Waals surface area contributed by atoms with Gasteiger partial charge in [-0.3, -0.25) is 0 Å². The molecular weight excluding hydrogens is 195 g/mol. The van der Waals surface area contributed by atoms with Crippen LogP contribution in [0.1, 0.15) is 23.5 Å². The van der Waals surface area contributed by atoms with Crippen molar-refractivity contribution in [2.45, 2.75) is 18.9 Å². The first-order chi connectivity index (χ1) is 5.86. The topological polar surface area (TPSA) is 52.1 Å². The number of nitrogens with zero attached hydrogens (tertiary/aromatic N) is 2. The smallest absolute Gasteiger partial charge is 0.376 e. The number of rotatable bonds is 2. The molecule has 1 radical (unpaired) electrons. The SMILES string of the molecule is O=C(OC1CC1)c1ncccn1.[K]. The molecule has 0 unspecified atom stereocenters. The van der Waals surface area contributed by atoms with Gasteiger partial charge in [0.2, 0.25) is 5.82 Å². The van der Waals surface area contributed by atoms with Gasteiger partial charge in [-0.2, -0.15) is 0 Å². The average molecular weight is 203 g/mol. The zero-order chi connectivity index (χ0) is 8.39. The average Bonchev–Trinajstić information content (AvgIpc) is 2.90. The third-order valence-corrected chi connectivity index (χ3v) is 1.55. The van der Waals surface area contributed by atoms with Crippen molar-refractivity contribution in [1.29, 1.82) is 0 Å². The maximum atomic E-state index is 11.1. The van der Waals surface area contributed by atoms with Gasteiger partial charge in [0.05, 0.1) is 0 Å². The molecule has 0 atom stereocenters. The molecule has 5 heteroatoms. The Hall–Kier alpha value is 0.186. The van der Waals surface area contributed by atoms with Gasteiger partial charge in [0.15, 0.2) is 0 Å². The van der Waals surface area contributed by atoms with Gasteiger partial charge in [-0.1, -0.05) is 0 Å². The van der Waals surface area contributed by atoms with E-state index < -0.39 is 5.97 Å². The number of esters is 1. The Morgan fingerprint density at radius 3 is 2.54 bits per heavy atom. The summed E-state index contributed by atoms with van der Waals surface area (Å²) in [5.74, 6) is -0.275. The molecule has 1 aromatic rings. The standard InChI is InChI=1S/C8H8N2O2.K/c11-8(12-6-2-3-6)7-9-4-1-5-10-7;/h1,4-6H,2-3H2;. The molecule has 0 N–H and O–H groups in total. The number of hydrogen-bond donors (Lipinski definition) is 0. The molecule has 1 aliphatic rings. The van der Waals surface area contributed by atoms with Crippen molar-refractivity contribution in [1.82, 2.24) is 9.97 Å². The van der Waals surface area contributed by atoms with Gasteiger partial charge < -0.3 is 4.74 Å². The van der Waals surface area contributed by atoms with E-state index >= 15 is 0 Å². The van der Waals surface area contributed by atoms with Gasteiger partial charge in [-0.15, -0.1) is 0 Å². The van der Waals surface area contributed by atoms with Crippen LogP contribution >= 0.6 is 0 Å². The van der Waals surface area contributed by atoms with Gasteiger partial charge in [0.25, 0.3) is 0 Å². The van der Waals surface area contributed by atoms with Crippen molar-refractivity contribution in [3.05, 3.63) is 24.3 Å². The Labute approximate surface area is 119 Å². The van der Waals surface area contributed by atoms with Crippen LogP contribution in [0.5, 0.6) is 0 Å². The Morgan fingerprint density at radius 2 is 2.00 bits per heavy atom. The number of carbonyl (C=O) groups excluding carboxylic acids is 1. The van der Waals surface area contributed by atoms with Crippen LogP contribution in [0, 0.1) is 0 Å². The summed E-state index contributed by atoms with van der Waals surface area (Å²) in [6, 6.07) is 1.66. The molecular formula is C8H8KN2O2. The van der Waals surface area contributed by atoms with Crippen molar-refractivity contribution in [3.8, 4) is 0 Å². The third-order valence-electron chi connectivity index (χ3n) is 1.55. The van der Waals surface area contributed by atoms with Crippen molar-refractivity contribution in [2.75, 3.05) is 0 Å². The van der Waals surface area contributed by atoms with E-state index in [1.165, 1.54) is 12.4 Å². The Kier molecular flexibility index (Phi) is 4.47. The molecule has 1 saturated carbocycles. The summed E-state index contributed by atoms with van der Waals surface area (Å²) in [6.45, 7) is 0. The second-order valence-corrected chi connectivity index (χ2v) is 2.68. The third kappa shape index (κ3) is 3.44. The van der Waals surface area contributed by atoms with E-state index in [-0.39, 0.29) is 63.3 Å². The van der Waals surface area contributed by atoms with Gasteiger partial charge in [0, 0.05) is 63.8 Å². The van der Waals surface area contributed by atoms with Crippen molar-refractivity contribution in [2.24, 2.45) is 0 Å². The minimum Gasteiger partial charge on any atom is -0.456 e. The normalized spacial score (nSPS) is 14.5. The molecule has 1 aliphatic carbocycles. The first-order valence-electron chi connectivity index (χ1n) is 3.84. The molecule has 1 heterocycles. The maximum Gasteiger partial charge on any atom is 0.376 e. The second-order valence-electron chi connectivity index (χ2n) is 2.68. The number of hydrogen-bond acceptors (Lipinski definition) is 4. The first-order valence-corrected chi connectivity index (χ1v) is 3.84. The van der Waals surface area contributed by atoms with Gasteiger partial charge in [0.1, 0.15) is 6.10 Å². The first kappa shape index (κ1) is 11.3. The minimum absolute atomic E-state index is 0. The van der Waals surface area contributed by atoms with Crippen LogP contribution < -0.4 is 0 Å². The van der Waals surface area contributed by atoms with Crippen molar-refractivity contribution < 1.29 is 9.53 Å². The van der Waals surface area contributed by atoms with E-state index in [4.69, 9.17) is 4.74 Å². The van der Waals surface area contributed by atoms with Crippen LogP contribution in [0.4, 0.5) is 0 Å². The fourth-order valence-electron chi connectivity index (χ4n) is 0.794. The molecule has 4 nitrogen and oxygen atoms in total. The summed E-state index contributed by atoms with van der Waals surface area (Å²) in [5.41, 5.74) is 0. The molecule has 1 fully saturated rings. The molecule has 0 aromatic carbocycles. The van der Waals surface area contributed by atoms with Gasteiger partial charge >= 0.3 is 5.97 Å². The zero-order valence-electron chi connectivity index (χ0n) is 7.43. The summed E-state index contributed by atoms with van der Waals surface area (Å²) in [4.78, 5) is 18.7. The van der Waals surface area contributed by atoms with E-state index in [1.54, 1.807) is 6.07 Å². The summed E-state index contributed by atoms with van der Waals surface area (Å²) in [5, 5.41) is 0. The van der Waals surface area contributed by atoms with E-state index in [0.717, 1.165) is 12.8 Å². The quantitative estimate of drug-likeness (QED) is 0.516. The van der Waals surface area contributed by atoms with E-state index in [1.807, 2.05) is 0 Å². The maximum absolute atomic E-state index is 11.1. The van der Waals surface area contributed by atoms with E-state index in [2.05, 4.69) is 9.97 Å². The number of aromatic nitrogens is 2. The number of carbonyl (C=O) groups is 1. The Balaban J connectivity index is 0.000000845. The van der Waals surface area contributed by atoms with E-state index in [9.17, 15) is 4.79 Å². The van der Waals surface area contributed by atoms with Crippen LogP contribution in [0.3, 0.4) is 0 Å². The second kappa shape index (κ2) is 5.16.